The van der Waals surface area contributed by atoms with E-state index in [4.69, 9.17) is 17.0 Å². The van der Waals surface area contributed by atoms with Crippen molar-refractivity contribution in [3.63, 3.8) is 0 Å². The van der Waals surface area contributed by atoms with Crippen LogP contribution in [0, 0.1) is 25.5 Å². The quantitative estimate of drug-likeness (QED) is 0.127. The summed E-state index contributed by atoms with van der Waals surface area (Å²) < 4.78 is 25.8. The molecule has 0 heterocycles. The molecule has 0 nitrogen and oxygen atoms in total. The van der Waals surface area contributed by atoms with Crippen LogP contribution in [0.4, 0.5) is 8.78 Å². The molecular weight excluding hydrogens is 637 g/mol. The van der Waals surface area contributed by atoms with Crippen LogP contribution in [0.2, 0.25) is 13.1 Å². The van der Waals surface area contributed by atoms with E-state index in [2.05, 4.69) is 75.5 Å². The molecule has 0 amide bonds. The molecule has 6 aromatic carbocycles. The Morgan fingerprint density at radius 2 is 0.925 bits per heavy atom. The van der Waals surface area contributed by atoms with Crippen LogP contribution in [-0.2, 0) is 20.8 Å². The van der Waals surface area contributed by atoms with E-state index in [-0.39, 0.29) is 11.6 Å². The number of hydrogen-bond acceptors (Lipinski definition) is 0. The molecule has 6 rings (SSSR count). The molecule has 40 heavy (non-hydrogen) atoms. The van der Waals surface area contributed by atoms with E-state index in [0.717, 1.165) is 31.8 Å². The summed E-state index contributed by atoms with van der Waals surface area (Å²) in [5, 5.41) is 4.95. The van der Waals surface area contributed by atoms with Crippen molar-refractivity contribution in [1.82, 2.24) is 0 Å². The van der Waals surface area contributed by atoms with E-state index < -0.39 is 20.8 Å². The van der Waals surface area contributed by atoms with Crippen molar-refractivity contribution in [1.29, 1.82) is 0 Å². The molecule has 0 aliphatic heterocycles. The van der Waals surface area contributed by atoms with Gasteiger partial charge in [-0.25, -0.2) is 8.78 Å². The normalized spacial score (nSPS) is 10.0. The Morgan fingerprint density at radius 1 is 0.600 bits per heavy atom. The molecule has 2 radical (unpaired) electrons. The number of aryl methyl sites for hydroxylation is 2. The fourth-order valence-corrected chi connectivity index (χ4v) is 4.53. The Hall–Kier alpha value is -2.36. The third-order valence-corrected chi connectivity index (χ3v) is 6.10. The molecule has 0 atom stereocenters. The maximum atomic E-state index is 12.9. The van der Waals surface area contributed by atoms with Crippen molar-refractivity contribution < 1.29 is 29.6 Å². The average Bonchev–Trinajstić information content (AvgIpc) is 3.51. The second kappa shape index (κ2) is 16.2. The molecule has 202 valence electrons. The van der Waals surface area contributed by atoms with E-state index in [0.29, 0.717) is 0 Å². The van der Waals surface area contributed by atoms with Gasteiger partial charge < -0.3 is 0 Å². The Bertz CT molecular complexity index is 1500. The van der Waals surface area contributed by atoms with Gasteiger partial charge in [0.1, 0.15) is 11.6 Å². The number of halogens is 4. The van der Waals surface area contributed by atoms with Crippen molar-refractivity contribution in [2.45, 2.75) is 26.9 Å². The molecule has 0 bridgehead atoms. The Kier molecular flexibility index (Phi) is 13.0. The first-order valence-corrected chi connectivity index (χ1v) is 21.0. The van der Waals surface area contributed by atoms with Gasteiger partial charge in [0, 0.05) is 9.52 Å². The molecule has 0 aliphatic carbocycles. The van der Waals surface area contributed by atoms with Gasteiger partial charge in [0.25, 0.3) is 0 Å². The Labute approximate surface area is 257 Å². The van der Waals surface area contributed by atoms with Crippen molar-refractivity contribution >= 4 is 48.1 Å². The monoisotopic (exact) mass is 664 g/mol. The fourth-order valence-electron chi connectivity index (χ4n) is 4.53. The van der Waals surface area contributed by atoms with E-state index in [9.17, 15) is 8.78 Å². The van der Waals surface area contributed by atoms with Crippen LogP contribution in [0.3, 0.4) is 0 Å². The second-order valence-electron chi connectivity index (χ2n) is 9.27. The van der Waals surface area contributed by atoms with Gasteiger partial charge in [-0.1, -0.05) is 74.5 Å². The number of benzene rings is 4. The summed E-state index contributed by atoms with van der Waals surface area (Å²) in [6, 6.07) is 34.5. The van der Waals surface area contributed by atoms with Gasteiger partial charge in [-0.05, 0) is 35.4 Å². The zero-order chi connectivity index (χ0) is 29.1. The van der Waals surface area contributed by atoms with E-state index in [1.54, 1.807) is 0 Å². The third kappa shape index (κ3) is 8.82. The molecule has 0 fully saturated rings. The second-order valence-corrected chi connectivity index (χ2v) is 14.0. The SMILES string of the molecule is C[Si]C.Cc1cc2c(-c3ccc(F)cc3)cccc2[cH-]1.Cc1cc2c(-c3ccc(F)cc3)cccc2[cH-]1.[Cl][Zr+2][Cl]. The first-order valence-electron chi connectivity index (χ1n) is 12.7. The van der Waals surface area contributed by atoms with E-state index in [1.165, 1.54) is 56.9 Å². The van der Waals surface area contributed by atoms with E-state index in [1.807, 2.05) is 36.4 Å². The maximum absolute atomic E-state index is 12.9. The van der Waals surface area contributed by atoms with E-state index >= 15 is 0 Å². The van der Waals surface area contributed by atoms with Gasteiger partial charge in [0.2, 0.25) is 0 Å². The van der Waals surface area contributed by atoms with Crippen LogP contribution in [0.5, 0.6) is 0 Å². The topological polar surface area (TPSA) is 0 Å². The zero-order valence-electron chi connectivity index (χ0n) is 22.9. The number of fused-ring (bicyclic) bond motifs is 2. The summed E-state index contributed by atoms with van der Waals surface area (Å²) in [6.07, 6.45) is 0. The predicted octanol–water partition coefficient (Wildman–Crippen LogP) is 11.5. The van der Waals surface area contributed by atoms with Gasteiger partial charge in [0.15, 0.2) is 0 Å². The van der Waals surface area contributed by atoms with Gasteiger partial charge in [-0.15, -0.1) is 69.1 Å². The Morgan fingerprint density at radius 3 is 1.25 bits per heavy atom. The molecule has 0 aliphatic rings. The van der Waals surface area contributed by atoms with Crippen LogP contribution < -0.4 is 0 Å². The summed E-state index contributed by atoms with van der Waals surface area (Å²) in [4.78, 5) is 0. The summed E-state index contributed by atoms with van der Waals surface area (Å²) >= 11 is -0.826. The zero-order valence-corrected chi connectivity index (χ0v) is 27.9. The van der Waals surface area contributed by atoms with Crippen molar-refractivity contribution in [2.24, 2.45) is 0 Å². The molecule has 0 saturated heterocycles. The third-order valence-electron chi connectivity index (χ3n) is 6.10. The fraction of sp³-hybridized carbons (Fsp3) is 0.118. The molecular formula is C34H30Cl2F2SiZr. The van der Waals surface area contributed by atoms with Crippen LogP contribution in [0.15, 0.2) is 109 Å². The summed E-state index contributed by atoms with van der Waals surface area (Å²) in [6.45, 7) is 8.49. The first kappa shape index (κ1) is 32.2. The summed E-state index contributed by atoms with van der Waals surface area (Å²) in [5.74, 6) is -0.390. The molecule has 0 aromatic heterocycles. The molecule has 6 heteroatoms. The summed E-state index contributed by atoms with van der Waals surface area (Å²) in [7, 11) is 11.0. The minimum atomic E-state index is -0.826. The summed E-state index contributed by atoms with van der Waals surface area (Å²) in [5.41, 5.74) is 6.96. The van der Waals surface area contributed by atoms with Crippen LogP contribution in [0.25, 0.3) is 43.8 Å². The predicted molar refractivity (Wildman–Crippen MR) is 169 cm³/mol. The van der Waals surface area contributed by atoms with Crippen molar-refractivity contribution in [2.75, 3.05) is 0 Å². The molecule has 0 N–H and O–H groups in total. The number of hydrogen-bond donors (Lipinski definition) is 0. The van der Waals surface area contributed by atoms with Crippen molar-refractivity contribution in [3.8, 4) is 22.3 Å². The van der Waals surface area contributed by atoms with Crippen LogP contribution in [-0.4, -0.2) is 9.52 Å². The molecule has 6 aromatic rings. The molecule has 0 spiro atoms. The van der Waals surface area contributed by atoms with Crippen LogP contribution >= 0.6 is 17.0 Å². The minimum absolute atomic E-state index is 0.195. The Balaban J connectivity index is 0.000000185. The average molecular weight is 667 g/mol. The first-order chi connectivity index (χ1) is 19.3. The molecule has 0 saturated carbocycles. The van der Waals surface area contributed by atoms with Gasteiger partial charge in [0.05, 0.1) is 0 Å². The van der Waals surface area contributed by atoms with Gasteiger partial charge in [-0.3, -0.25) is 0 Å². The van der Waals surface area contributed by atoms with Crippen LogP contribution in [0.1, 0.15) is 11.1 Å². The van der Waals surface area contributed by atoms with Gasteiger partial charge in [-0.2, -0.15) is 12.1 Å². The number of rotatable bonds is 2. The molecule has 0 unspecified atom stereocenters. The van der Waals surface area contributed by atoms with Crippen molar-refractivity contribution in [3.05, 3.63) is 132 Å². The van der Waals surface area contributed by atoms with Gasteiger partial charge >= 0.3 is 37.9 Å². The standard InChI is InChI=1S/2C16H12F.C2H6Si.2ClH.Zr/c2*1-11-9-13-3-2-4-15(16(13)10-11)12-5-7-14(17)8-6-12;1-3-2;;;/h2*2-10H,1H3;1-2H3;2*1H;/q2*-1;;;;+4/p-2.